The number of para-hydroxylation sites is 1. The van der Waals surface area contributed by atoms with E-state index in [1.54, 1.807) is 61.5 Å². The molecular weight excluding hydrogens is 284 g/mol. The van der Waals surface area contributed by atoms with Gasteiger partial charge in [-0.1, -0.05) is 36.4 Å². The zero-order valence-corrected chi connectivity index (χ0v) is 12.1. The van der Waals surface area contributed by atoms with Gasteiger partial charge < -0.3 is 0 Å². The fourth-order valence-electron chi connectivity index (χ4n) is 2.49. The molecule has 1 heterocycles. The van der Waals surface area contributed by atoms with Gasteiger partial charge in [-0.05, 0) is 25.1 Å². The SMILES string of the molecule is Cc1c(C#N)c2ccccc2n1S(=O)(=O)c1ccccc1. The Kier molecular flexibility index (Phi) is 3.04. The van der Waals surface area contributed by atoms with E-state index in [1.165, 1.54) is 3.97 Å². The van der Waals surface area contributed by atoms with Crippen LogP contribution >= 0.6 is 0 Å². The van der Waals surface area contributed by atoms with Crippen LogP contribution in [0.3, 0.4) is 0 Å². The van der Waals surface area contributed by atoms with Crippen LogP contribution in [-0.2, 0) is 10.0 Å². The van der Waals surface area contributed by atoms with Gasteiger partial charge in [-0.3, -0.25) is 0 Å². The van der Waals surface area contributed by atoms with Crippen LogP contribution in [0.5, 0.6) is 0 Å². The van der Waals surface area contributed by atoms with Gasteiger partial charge in [0.2, 0.25) is 0 Å². The van der Waals surface area contributed by atoms with Crippen molar-refractivity contribution in [3.05, 3.63) is 65.9 Å². The molecule has 104 valence electrons. The van der Waals surface area contributed by atoms with Gasteiger partial charge in [0.15, 0.2) is 0 Å². The number of nitrogens with zero attached hydrogens (tertiary/aromatic N) is 2. The first-order valence-electron chi connectivity index (χ1n) is 6.38. The monoisotopic (exact) mass is 296 g/mol. The molecule has 0 aliphatic carbocycles. The maximum atomic E-state index is 12.9. The van der Waals surface area contributed by atoms with Gasteiger partial charge in [-0.2, -0.15) is 5.26 Å². The van der Waals surface area contributed by atoms with E-state index in [0.717, 1.165) is 0 Å². The summed E-state index contributed by atoms with van der Waals surface area (Å²) in [6, 6.07) is 17.4. The summed E-state index contributed by atoms with van der Waals surface area (Å²) < 4.78 is 26.9. The molecule has 0 radical (unpaired) electrons. The highest BCUT2D eigenvalue weighted by Gasteiger charge is 2.24. The van der Waals surface area contributed by atoms with Crippen molar-refractivity contribution in [1.82, 2.24) is 3.97 Å². The predicted octanol–water partition coefficient (Wildman–Crippen LogP) is 3.06. The molecule has 5 heteroatoms. The molecular formula is C16H12N2O2S. The molecule has 0 spiro atoms. The highest BCUT2D eigenvalue weighted by Crippen LogP contribution is 2.29. The van der Waals surface area contributed by atoms with Crippen molar-refractivity contribution in [2.75, 3.05) is 0 Å². The first-order valence-corrected chi connectivity index (χ1v) is 7.82. The zero-order valence-electron chi connectivity index (χ0n) is 11.3. The summed E-state index contributed by atoms with van der Waals surface area (Å²) in [6.45, 7) is 1.65. The molecule has 3 rings (SSSR count). The summed E-state index contributed by atoms with van der Waals surface area (Å²) in [7, 11) is -3.72. The lowest BCUT2D eigenvalue weighted by molar-refractivity contribution is 0.588. The van der Waals surface area contributed by atoms with Crippen molar-refractivity contribution in [3.63, 3.8) is 0 Å². The molecule has 0 N–H and O–H groups in total. The Labute approximate surface area is 122 Å². The third-order valence-corrected chi connectivity index (χ3v) is 5.27. The number of hydrogen-bond acceptors (Lipinski definition) is 3. The van der Waals surface area contributed by atoms with Crippen molar-refractivity contribution in [2.24, 2.45) is 0 Å². The van der Waals surface area contributed by atoms with E-state index < -0.39 is 10.0 Å². The topological polar surface area (TPSA) is 62.9 Å². The third kappa shape index (κ3) is 1.92. The van der Waals surface area contributed by atoms with E-state index in [2.05, 4.69) is 6.07 Å². The van der Waals surface area contributed by atoms with Crippen molar-refractivity contribution < 1.29 is 8.42 Å². The second kappa shape index (κ2) is 4.76. The lowest BCUT2D eigenvalue weighted by atomic mass is 10.1. The molecule has 0 aliphatic rings. The van der Waals surface area contributed by atoms with Gasteiger partial charge in [0, 0.05) is 5.39 Å². The van der Waals surface area contributed by atoms with Crippen LogP contribution in [0.2, 0.25) is 0 Å². The fourth-order valence-corrected chi connectivity index (χ4v) is 4.07. The van der Waals surface area contributed by atoms with Crippen LogP contribution in [0, 0.1) is 18.3 Å². The summed E-state index contributed by atoms with van der Waals surface area (Å²) in [4.78, 5) is 0.207. The zero-order chi connectivity index (χ0) is 15.0. The molecule has 0 saturated heterocycles. The Balaban J connectivity index is 2.42. The van der Waals surface area contributed by atoms with Crippen LogP contribution in [0.15, 0.2) is 59.5 Å². The van der Waals surface area contributed by atoms with Crippen LogP contribution in [0.1, 0.15) is 11.3 Å². The van der Waals surface area contributed by atoms with Gasteiger partial charge in [0.05, 0.1) is 21.7 Å². The molecule has 4 nitrogen and oxygen atoms in total. The molecule has 3 aromatic rings. The van der Waals surface area contributed by atoms with E-state index in [1.807, 2.05) is 0 Å². The molecule has 0 fully saturated rings. The van der Waals surface area contributed by atoms with Crippen molar-refractivity contribution in [1.29, 1.82) is 5.26 Å². The number of fused-ring (bicyclic) bond motifs is 1. The van der Waals surface area contributed by atoms with Gasteiger partial charge in [0.1, 0.15) is 6.07 Å². The summed E-state index contributed by atoms with van der Waals surface area (Å²) in [5.41, 5.74) is 1.35. The van der Waals surface area contributed by atoms with Crippen LogP contribution in [0.25, 0.3) is 10.9 Å². The summed E-state index contributed by atoms with van der Waals surface area (Å²) in [5, 5.41) is 9.96. The standard InChI is InChI=1S/C16H12N2O2S/c1-12-15(11-17)14-9-5-6-10-16(14)18(12)21(19,20)13-7-3-2-4-8-13/h2-10H,1H3. The van der Waals surface area contributed by atoms with Gasteiger partial charge >= 0.3 is 0 Å². The first kappa shape index (κ1) is 13.4. The minimum Gasteiger partial charge on any atom is -0.237 e. The Hall–Kier alpha value is -2.58. The average Bonchev–Trinajstić information content (AvgIpc) is 2.80. The van der Waals surface area contributed by atoms with E-state index in [9.17, 15) is 13.7 Å². The average molecular weight is 296 g/mol. The van der Waals surface area contributed by atoms with Crippen molar-refractivity contribution in [2.45, 2.75) is 11.8 Å². The minimum atomic E-state index is -3.72. The lowest BCUT2D eigenvalue weighted by Crippen LogP contribution is -2.14. The molecule has 0 bridgehead atoms. The molecule has 0 atom stereocenters. The lowest BCUT2D eigenvalue weighted by Gasteiger charge is -2.09. The Morgan fingerprint density at radius 2 is 1.62 bits per heavy atom. The third-order valence-electron chi connectivity index (χ3n) is 3.45. The first-order chi connectivity index (χ1) is 10.1. The number of rotatable bonds is 2. The Bertz CT molecular complexity index is 965. The maximum absolute atomic E-state index is 12.9. The van der Waals surface area contributed by atoms with E-state index >= 15 is 0 Å². The highest BCUT2D eigenvalue weighted by atomic mass is 32.2. The number of nitriles is 1. The normalized spacial score (nSPS) is 11.4. The second-order valence-electron chi connectivity index (χ2n) is 4.67. The molecule has 2 aromatic carbocycles. The largest absolute Gasteiger partial charge is 0.268 e. The molecule has 21 heavy (non-hydrogen) atoms. The van der Waals surface area contributed by atoms with Crippen LogP contribution in [-0.4, -0.2) is 12.4 Å². The van der Waals surface area contributed by atoms with Crippen molar-refractivity contribution in [3.8, 4) is 6.07 Å². The summed E-state index contributed by atoms with van der Waals surface area (Å²) in [6.07, 6.45) is 0. The van der Waals surface area contributed by atoms with Gasteiger partial charge in [0.25, 0.3) is 10.0 Å². The van der Waals surface area contributed by atoms with Crippen LogP contribution < -0.4 is 0 Å². The van der Waals surface area contributed by atoms with E-state index in [-0.39, 0.29) is 4.90 Å². The Morgan fingerprint density at radius 1 is 1.00 bits per heavy atom. The van der Waals surface area contributed by atoms with Crippen molar-refractivity contribution >= 4 is 20.9 Å². The molecule has 0 unspecified atom stereocenters. The quantitative estimate of drug-likeness (QED) is 0.730. The number of aromatic nitrogens is 1. The van der Waals surface area contributed by atoms with Gasteiger partial charge in [-0.25, -0.2) is 12.4 Å². The molecule has 0 aliphatic heterocycles. The smallest absolute Gasteiger partial charge is 0.237 e. The van der Waals surface area contributed by atoms with Gasteiger partial charge in [-0.15, -0.1) is 0 Å². The molecule has 0 amide bonds. The predicted molar refractivity (Wildman–Crippen MR) is 80.4 cm³/mol. The molecule has 1 aromatic heterocycles. The fraction of sp³-hybridized carbons (Fsp3) is 0.0625. The maximum Gasteiger partial charge on any atom is 0.268 e. The number of benzene rings is 2. The van der Waals surface area contributed by atoms with Crippen LogP contribution in [0.4, 0.5) is 0 Å². The van der Waals surface area contributed by atoms with E-state index in [0.29, 0.717) is 22.2 Å². The van der Waals surface area contributed by atoms with E-state index in [4.69, 9.17) is 0 Å². The number of hydrogen-bond donors (Lipinski definition) is 0. The Morgan fingerprint density at radius 3 is 2.29 bits per heavy atom. The highest BCUT2D eigenvalue weighted by molar-refractivity contribution is 7.90. The second-order valence-corrected chi connectivity index (χ2v) is 6.46. The molecule has 0 saturated carbocycles. The summed E-state index contributed by atoms with van der Waals surface area (Å²) in [5.74, 6) is 0. The minimum absolute atomic E-state index is 0.207. The summed E-state index contributed by atoms with van der Waals surface area (Å²) >= 11 is 0.